The number of primary amides is 1. The quantitative estimate of drug-likeness (QED) is 0.102. The number of rotatable bonds is 15. The standard InChI is InChI=1S/C28H32N6O9/c29-18(10-15-13-31-19-4-2-1-3-17(15)19)25(39)32-20(9-14-5-7-16(35)8-6-14)26(40)33-21(11-23(30)36)27(41)34-22(28(42)43)12-24(37)38/h1-8,13,18,20-22,31,35H,9-12,29H2,(H2,30,36)(H,32,39)(H,33,40)(H,34,41)(H,37,38)(H,42,43). The lowest BCUT2D eigenvalue weighted by Gasteiger charge is -2.24. The van der Waals surface area contributed by atoms with Gasteiger partial charge in [0.25, 0.3) is 0 Å². The second-order valence-corrected chi connectivity index (χ2v) is 9.83. The number of aliphatic carboxylic acids is 2. The van der Waals surface area contributed by atoms with Crippen LogP contribution in [0.4, 0.5) is 0 Å². The Labute approximate surface area is 244 Å². The van der Waals surface area contributed by atoms with Crippen LogP contribution in [0.2, 0.25) is 0 Å². The van der Waals surface area contributed by atoms with Crippen molar-refractivity contribution in [3.05, 3.63) is 65.9 Å². The van der Waals surface area contributed by atoms with Crippen LogP contribution < -0.4 is 27.4 Å². The van der Waals surface area contributed by atoms with Crippen molar-refractivity contribution in [3.63, 3.8) is 0 Å². The highest BCUT2D eigenvalue weighted by Crippen LogP contribution is 2.19. The van der Waals surface area contributed by atoms with Gasteiger partial charge in [-0.3, -0.25) is 24.0 Å². The minimum atomic E-state index is -1.85. The van der Waals surface area contributed by atoms with E-state index in [-0.39, 0.29) is 18.6 Å². The van der Waals surface area contributed by atoms with Gasteiger partial charge in [0.05, 0.1) is 18.9 Å². The summed E-state index contributed by atoms with van der Waals surface area (Å²) in [5.41, 5.74) is 13.5. The maximum Gasteiger partial charge on any atom is 0.326 e. The first-order chi connectivity index (χ1) is 20.3. The summed E-state index contributed by atoms with van der Waals surface area (Å²) in [7, 11) is 0. The highest BCUT2D eigenvalue weighted by molar-refractivity contribution is 5.97. The van der Waals surface area contributed by atoms with E-state index in [9.17, 15) is 39.0 Å². The van der Waals surface area contributed by atoms with Gasteiger partial charge in [0.2, 0.25) is 23.6 Å². The second-order valence-electron chi connectivity index (χ2n) is 9.83. The van der Waals surface area contributed by atoms with Crippen molar-refractivity contribution in [2.24, 2.45) is 11.5 Å². The Bertz CT molecular complexity index is 1500. The summed E-state index contributed by atoms with van der Waals surface area (Å²) in [5.74, 6) is -7.04. The number of H-pyrrole nitrogens is 1. The van der Waals surface area contributed by atoms with Gasteiger partial charge in [0, 0.05) is 23.5 Å². The zero-order chi connectivity index (χ0) is 31.7. The molecule has 0 bridgehead atoms. The molecule has 1 aromatic heterocycles. The SMILES string of the molecule is NC(=O)CC(NC(=O)C(Cc1ccc(O)cc1)NC(=O)C(N)Cc1c[nH]c2ccccc12)C(=O)NC(CC(=O)O)C(=O)O. The fraction of sp³-hybridized carbons (Fsp3) is 0.286. The molecule has 0 radical (unpaired) electrons. The molecule has 4 atom stereocenters. The number of benzene rings is 2. The van der Waals surface area contributed by atoms with Crippen LogP contribution in [0.3, 0.4) is 0 Å². The Morgan fingerprint density at radius 1 is 0.767 bits per heavy atom. The largest absolute Gasteiger partial charge is 0.508 e. The highest BCUT2D eigenvalue weighted by atomic mass is 16.4. The van der Waals surface area contributed by atoms with E-state index in [0.717, 1.165) is 16.5 Å². The van der Waals surface area contributed by atoms with Gasteiger partial charge in [-0.1, -0.05) is 30.3 Å². The Morgan fingerprint density at radius 2 is 1.37 bits per heavy atom. The van der Waals surface area contributed by atoms with Crippen LogP contribution in [-0.2, 0) is 41.6 Å². The Kier molecular flexibility index (Phi) is 10.8. The van der Waals surface area contributed by atoms with Gasteiger partial charge in [-0.05, 0) is 35.7 Å². The van der Waals surface area contributed by atoms with E-state index in [1.54, 1.807) is 6.20 Å². The zero-order valence-corrected chi connectivity index (χ0v) is 22.8. The summed E-state index contributed by atoms with van der Waals surface area (Å²) in [6.07, 6.45) is -0.00107. The molecule has 0 spiro atoms. The first-order valence-corrected chi connectivity index (χ1v) is 13.1. The predicted molar refractivity (Wildman–Crippen MR) is 151 cm³/mol. The molecule has 2 aromatic carbocycles. The average Bonchev–Trinajstić information content (AvgIpc) is 3.35. The van der Waals surface area contributed by atoms with Crippen LogP contribution in [0, 0.1) is 0 Å². The normalized spacial score (nSPS) is 13.7. The molecule has 4 unspecified atom stereocenters. The minimum absolute atomic E-state index is 0.0397. The van der Waals surface area contributed by atoms with E-state index in [2.05, 4.69) is 15.6 Å². The highest BCUT2D eigenvalue weighted by Gasteiger charge is 2.32. The molecule has 0 saturated carbocycles. The number of phenols is 1. The van der Waals surface area contributed by atoms with Crippen LogP contribution >= 0.6 is 0 Å². The molecular formula is C28H32N6O9. The lowest BCUT2D eigenvalue weighted by atomic mass is 10.0. The van der Waals surface area contributed by atoms with E-state index < -0.39 is 72.6 Å². The van der Waals surface area contributed by atoms with E-state index in [1.807, 2.05) is 29.6 Å². The fourth-order valence-corrected chi connectivity index (χ4v) is 4.32. The number of phenolic OH excluding ortho intramolecular Hbond substituents is 1. The molecule has 1 heterocycles. The zero-order valence-electron chi connectivity index (χ0n) is 22.8. The fourth-order valence-electron chi connectivity index (χ4n) is 4.32. The third kappa shape index (κ3) is 9.29. The maximum atomic E-state index is 13.4. The number of carbonyl (C=O) groups excluding carboxylic acids is 4. The molecule has 3 aromatic rings. The number of fused-ring (bicyclic) bond motifs is 1. The van der Waals surface area contributed by atoms with Gasteiger partial charge in [-0.15, -0.1) is 0 Å². The summed E-state index contributed by atoms with van der Waals surface area (Å²) in [6.45, 7) is 0. The monoisotopic (exact) mass is 596 g/mol. The number of nitrogens with one attached hydrogen (secondary N) is 4. The number of aromatic hydroxyl groups is 1. The summed E-state index contributed by atoms with van der Waals surface area (Å²) in [6, 6.07) is 7.17. The Morgan fingerprint density at radius 3 is 2.00 bits per heavy atom. The smallest absolute Gasteiger partial charge is 0.326 e. The Hall–Kier alpha value is -5.44. The third-order valence-electron chi connectivity index (χ3n) is 6.49. The number of amides is 4. The second kappa shape index (κ2) is 14.5. The van der Waals surface area contributed by atoms with Gasteiger partial charge < -0.3 is 47.7 Å². The number of carbonyl (C=O) groups is 6. The topological polar surface area (TPSA) is 267 Å². The molecule has 228 valence electrons. The molecule has 0 saturated heterocycles. The third-order valence-corrected chi connectivity index (χ3v) is 6.49. The molecule has 3 rings (SSSR count). The molecule has 11 N–H and O–H groups in total. The van der Waals surface area contributed by atoms with E-state index in [1.165, 1.54) is 24.3 Å². The molecule has 15 nitrogen and oxygen atoms in total. The first-order valence-electron chi connectivity index (χ1n) is 13.1. The van der Waals surface area contributed by atoms with E-state index in [0.29, 0.717) is 5.56 Å². The average molecular weight is 597 g/mol. The number of carboxylic acids is 2. The molecular weight excluding hydrogens is 564 g/mol. The van der Waals surface area contributed by atoms with Gasteiger partial charge in [0.15, 0.2) is 0 Å². The summed E-state index contributed by atoms with van der Waals surface area (Å²) < 4.78 is 0. The number of para-hydroxylation sites is 1. The van der Waals surface area contributed by atoms with Crippen molar-refractivity contribution >= 4 is 46.5 Å². The minimum Gasteiger partial charge on any atom is -0.508 e. The number of carboxylic acid groups (broad SMARTS) is 2. The lowest BCUT2D eigenvalue weighted by molar-refractivity contribution is -0.147. The number of hydrogen-bond acceptors (Lipinski definition) is 8. The van der Waals surface area contributed by atoms with Crippen molar-refractivity contribution in [1.82, 2.24) is 20.9 Å². The van der Waals surface area contributed by atoms with Gasteiger partial charge in [-0.2, -0.15) is 0 Å². The van der Waals surface area contributed by atoms with Gasteiger partial charge in [0.1, 0.15) is 23.9 Å². The van der Waals surface area contributed by atoms with E-state index >= 15 is 0 Å². The Balaban J connectivity index is 1.80. The number of aromatic amines is 1. The van der Waals surface area contributed by atoms with Gasteiger partial charge >= 0.3 is 11.9 Å². The molecule has 0 aliphatic heterocycles. The molecule has 0 aliphatic carbocycles. The summed E-state index contributed by atoms with van der Waals surface area (Å²) in [4.78, 5) is 76.5. The van der Waals surface area contributed by atoms with Crippen LogP contribution in [0.5, 0.6) is 5.75 Å². The van der Waals surface area contributed by atoms with Crippen LogP contribution in [0.15, 0.2) is 54.7 Å². The molecule has 0 fully saturated rings. The molecule has 43 heavy (non-hydrogen) atoms. The number of aromatic nitrogens is 1. The first kappa shape index (κ1) is 32.1. The van der Waals surface area contributed by atoms with Gasteiger partial charge in [-0.25, -0.2) is 4.79 Å². The van der Waals surface area contributed by atoms with Crippen molar-refractivity contribution in [2.45, 2.75) is 49.9 Å². The maximum absolute atomic E-state index is 13.4. The molecule has 15 heteroatoms. The number of nitrogens with two attached hydrogens (primary N) is 2. The van der Waals surface area contributed by atoms with Crippen LogP contribution in [0.25, 0.3) is 10.9 Å². The van der Waals surface area contributed by atoms with E-state index in [4.69, 9.17) is 16.6 Å². The number of hydrogen-bond donors (Lipinski definition) is 9. The van der Waals surface area contributed by atoms with Crippen molar-refractivity contribution in [1.29, 1.82) is 0 Å². The predicted octanol–water partition coefficient (Wildman–Crippen LogP) is -1.12. The summed E-state index contributed by atoms with van der Waals surface area (Å²) in [5, 5.41) is 35.5. The lowest BCUT2D eigenvalue weighted by Crippen LogP contribution is -2.58. The van der Waals surface area contributed by atoms with Crippen molar-refractivity contribution in [2.75, 3.05) is 0 Å². The van der Waals surface area contributed by atoms with Crippen LogP contribution in [0.1, 0.15) is 24.0 Å². The van der Waals surface area contributed by atoms with Crippen molar-refractivity contribution in [3.8, 4) is 5.75 Å². The van der Waals surface area contributed by atoms with Crippen molar-refractivity contribution < 1.29 is 44.1 Å². The van der Waals surface area contributed by atoms with Crippen LogP contribution in [-0.4, -0.2) is 80.0 Å². The molecule has 0 aliphatic rings. The molecule has 4 amide bonds. The summed E-state index contributed by atoms with van der Waals surface area (Å²) >= 11 is 0.